The molecule has 1 atom stereocenters. The third-order valence-electron chi connectivity index (χ3n) is 2.57. The van der Waals surface area contributed by atoms with Crippen LogP contribution in [-0.2, 0) is 6.42 Å². The number of halogens is 2. The Bertz CT molecular complexity index is 514. The number of hydrogen-bond donors (Lipinski definition) is 1. The molecular weight excluding hydrogens is 255 g/mol. The van der Waals surface area contributed by atoms with Crippen molar-refractivity contribution in [2.24, 2.45) is 5.73 Å². The summed E-state index contributed by atoms with van der Waals surface area (Å²) in [5.74, 6) is 0. The second kappa shape index (κ2) is 5.50. The molecule has 1 unspecified atom stereocenters. The Morgan fingerprint density at radius 1 is 1.24 bits per heavy atom. The van der Waals surface area contributed by atoms with Crippen molar-refractivity contribution >= 4 is 23.2 Å². The van der Waals surface area contributed by atoms with E-state index in [0.717, 1.165) is 11.1 Å². The largest absolute Gasteiger partial charge is 0.324 e. The zero-order valence-electron chi connectivity index (χ0n) is 9.11. The number of benzene rings is 1. The summed E-state index contributed by atoms with van der Waals surface area (Å²) in [5, 5.41) is 1.34. The average molecular weight is 267 g/mol. The Balaban J connectivity index is 2.17. The van der Waals surface area contributed by atoms with E-state index < -0.39 is 0 Å². The molecule has 1 aromatic heterocycles. The van der Waals surface area contributed by atoms with Crippen LogP contribution < -0.4 is 5.73 Å². The molecule has 88 valence electrons. The summed E-state index contributed by atoms with van der Waals surface area (Å²) in [7, 11) is 0. The molecule has 4 heteroatoms. The summed E-state index contributed by atoms with van der Waals surface area (Å²) in [5.41, 5.74) is 8.13. The Morgan fingerprint density at radius 3 is 2.76 bits per heavy atom. The lowest BCUT2D eigenvalue weighted by atomic mass is 10.0. The Morgan fingerprint density at radius 2 is 2.06 bits per heavy atom. The molecule has 1 heterocycles. The predicted molar refractivity (Wildman–Crippen MR) is 71.3 cm³/mol. The van der Waals surface area contributed by atoms with Crippen molar-refractivity contribution in [3.05, 3.63) is 63.9 Å². The van der Waals surface area contributed by atoms with Crippen LogP contribution in [0.4, 0.5) is 0 Å². The van der Waals surface area contributed by atoms with Crippen molar-refractivity contribution in [1.29, 1.82) is 0 Å². The summed E-state index contributed by atoms with van der Waals surface area (Å²) < 4.78 is 0. The van der Waals surface area contributed by atoms with Crippen molar-refractivity contribution in [2.75, 3.05) is 0 Å². The highest BCUT2D eigenvalue weighted by molar-refractivity contribution is 6.31. The van der Waals surface area contributed by atoms with E-state index in [1.165, 1.54) is 0 Å². The van der Waals surface area contributed by atoms with Gasteiger partial charge in [-0.3, -0.25) is 4.98 Å². The van der Waals surface area contributed by atoms with Gasteiger partial charge in [-0.15, -0.1) is 0 Å². The van der Waals surface area contributed by atoms with Crippen LogP contribution in [0.15, 0.2) is 42.7 Å². The van der Waals surface area contributed by atoms with Gasteiger partial charge in [-0.05, 0) is 35.7 Å². The van der Waals surface area contributed by atoms with Gasteiger partial charge in [0.05, 0.1) is 5.02 Å². The van der Waals surface area contributed by atoms with Crippen molar-refractivity contribution in [3.63, 3.8) is 0 Å². The number of hydrogen-bond acceptors (Lipinski definition) is 2. The molecule has 2 aromatic rings. The highest BCUT2D eigenvalue weighted by atomic mass is 35.5. The van der Waals surface area contributed by atoms with Crippen LogP contribution in [0, 0.1) is 0 Å². The Kier molecular flexibility index (Phi) is 4.00. The number of nitrogens with zero attached hydrogens (tertiary/aromatic N) is 1. The van der Waals surface area contributed by atoms with Crippen LogP contribution in [-0.4, -0.2) is 4.98 Å². The molecule has 17 heavy (non-hydrogen) atoms. The van der Waals surface area contributed by atoms with Gasteiger partial charge in [-0.25, -0.2) is 0 Å². The monoisotopic (exact) mass is 266 g/mol. The molecule has 1 aromatic carbocycles. The molecule has 0 aliphatic rings. The maximum absolute atomic E-state index is 6.13. The van der Waals surface area contributed by atoms with E-state index in [1.54, 1.807) is 12.4 Å². The first-order valence-electron chi connectivity index (χ1n) is 5.26. The van der Waals surface area contributed by atoms with Crippen LogP contribution in [0.2, 0.25) is 10.0 Å². The summed E-state index contributed by atoms with van der Waals surface area (Å²) >= 11 is 12.0. The lowest BCUT2D eigenvalue weighted by Crippen LogP contribution is -2.13. The topological polar surface area (TPSA) is 38.9 Å². The molecule has 0 saturated carbocycles. The number of aromatic nitrogens is 1. The molecule has 0 spiro atoms. The van der Waals surface area contributed by atoms with Gasteiger partial charge in [0.15, 0.2) is 0 Å². The summed E-state index contributed by atoms with van der Waals surface area (Å²) in [6, 6.07) is 9.33. The minimum Gasteiger partial charge on any atom is -0.324 e. The predicted octanol–water partition coefficient (Wildman–Crippen LogP) is 3.63. The Labute approximate surface area is 110 Å². The zero-order chi connectivity index (χ0) is 12.3. The van der Waals surface area contributed by atoms with Gasteiger partial charge < -0.3 is 5.73 Å². The summed E-state index contributed by atoms with van der Waals surface area (Å²) in [4.78, 5) is 3.95. The molecule has 0 fully saturated rings. The van der Waals surface area contributed by atoms with Gasteiger partial charge in [0.2, 0.25) is 0 Å². The second-order valence-electron chi connectivity index (χ2n) is 3.83. The maximum Gasteiger partial charge on any atom is 0.0622 e. The molecule has 0 amide bonds. The van der Waals surface area contributed by atoms with Gasteiger partial charge in [-0.2, -0.15) is 0 Å². The third-order valence-corrected chi connectivity index (χ3v) is 3.15. The molecule has 0 aliphatic heterocycles. The van der Waals surface area contributed by atoms with Gasteiger partial charge in [0.1, 0.15) is 0 Å². The first-order chi connectivity index (χ1) is 8.16. The molecule has 0 radical (unpaired) electrons. The van der Waals surface area contributed by atoms with E-state index in [1.807, 2.05) is 30.3 Å². The highest BCUT2D eigenvalue weighted by Crippen LogP contribution is 2.22. The number of pyridine rings is 1. The van der Waals surface area contributed by atoms with Crippen molar-refractivity contribution < 1.29 is 0 Å². The quantitative estimate of drug-likeness (QED) is 0.922. The normalized spacial score (nSPS) is 12.4. The highest BCUT2D eigenvalue weighted by Gasteiger charge is 2.09. The van der Waals surface area contributed by atoms with Crippen LogP contribution in [0.3, 0.4) is 0 Å². The van der Waals surface area contributed by atoms with E-state index in [4.69, 9.17) is 28.9 Å². The van der Waals surface area contributed by atoms with Crippen molar-refractivity contribution in [2.45, 2.75) is 12.5 Å². The first kappa shape index (κ1) is 12.4. The van der Waals surface area contributed by atoms with E-state index in [9.17, 15) is 0 Å². The first-order valence-corrected chi connectivity index (χ1v) is 6.02. The fourth-order valence-electron chi connectivity index (χ4n) is 1.66. The van der Waals surface area contributed by atoms with Gasteiger partial charge in [0, 0.05) is 23.5 Å². The van der Waals surface area contributed by atoms with Gasteiger partial charge in [0.25, 0.3) is 0 Å². The fourth-order valence-corrected chi connectivity index (χ4v) is 2.06. The molecule has 0 aliphatic carbocycles. The lowest BCUT2D eigenvalue weighted by Gasteiger charge is -2.13. The third kappa shape index (κ3) is 3.19. The standard InChI is InChI=1S/C13H12Cl2N2/c14-11-3-1-2-10(6-11)13(16)7-9-4-5-17-8-12(9)15/h1-6,8,13H,7,16H2. The average Bonchev–Trinajstić information content (AvgIpc) is 2.32. The van der Waals surface area contributed by atoms with Crippen molar-refractivity contribution in [3.8, 4) is 0 Å². The van der Waals surface area contributed by atoms with Crippen LogP contribution in [0.5, 0.6) is 0 Å². The fraction of sp³-hybridized carbons (Fsp3) is 0.154. The SMILES string of the molecule is NC(Cc1ccncc1Cl)c1cccc(Cl)c1. The van der Waals surface area contributed by atoms with Crippen molar-refractivity contribution in [1.82, 2.24) is 4.98 Å². The summed E-state index contributed by atoms with van der Waals surface area (Å²) in [6.45, 7) is 0. The minimum absolute atomic E-state index is 0.117. The molecular formula is C13H12Cl2N2. The Hall–Kier alpha value is -1.09. The molecule has 2 N–H and O–H groups in total. The van der Waals surface area contributed by atoms with Gasteiger partial charge >= 0.3 is 0 Å². The van der Waals surface area contributed by atoms with E-state index in [2.05, 4.69) is 4.98 Å². The van der Waals surface area contributed by atoms with E-state index >= 15 is 0 Å². The van der Waals surface area contributed by atoms with E-state index in [-0.39, 0.29) is 6.04 Å². The minimum atomic E-state index is -0.117. The molecule has 2 rings (SSSR count). The lowest BCUT2D eigenvalue weighted by molar-refractivity contribution is 0.721. The van der Waals surface area contributed by atoms with Gasteiger partial charge in [-0.1, -0.05) is 35.3 Å². The maximum atomic E-state index is 6.13. The van der Waals surface area contributed by atoms with Crippen LogP contribution >= 0.6 is 23.2 Å². The number of nitrogens with two attached hydrogens (primary N) is 1. The molecule has 0 saturated heterocycles. The number of rotatable bonds is 3. The van der Waals surface area contributed by atoms with Crippen LogP contribution in [0.25, 0.3) is 0 Å². The smallest absolute Gasteiger partial charge is 0.0622 e. The molecule has 2 nitrogen and oxygen atoms in total. The summed E-state index contributed by atoms with van der Waals surface area (Å²) in [6.07, 6.45) is 4.01. The molecule has 0 bridgehead atoms. The zero-order valence-corrected chi connectivity index (χ0v) is 10.6. The van der Waals surface area contributed by atoms with Crippen LogP contribution in [0.1, 0.15) is 17.2 Å². The second-order valence-corrected chi connectivity index (χ2v) is 4.68. The van der Waals surface area contributed by atoms with E-state index in [0.29, 0.717) is 16.5 Å².